The van der Waals surface area contributed by atoms with Crippen molar-refractivity contribution < 1.29 is 14.3 Å². The van der Waals surface area contributed by atoms with Gasteiger partial charge in [0.05, 0.1) is 0 Å². The van der Waals surface area contributed by atoms with Crippen molar-refractivity contribution in [2.45, 2.75) is 32.8 Å². The molecule has 2 N–H and O–H groups in total. The number of nitrogens with one attached hydrogen (secondary N) is 2. The number of nitrogens with zero attached hydrogens (tertiary/aromatic N) is 1. The highest BCUT2D eigenvalue weighted by molar-refractivity contribution is 5.67. The number of benzene rings is 1. The molecule has 1 amide bonds. The first-order valence-electron chi connectivity index (χ1n) is 8.34. The Morgan fingerprint density at radius 3 is 2.38 bits per heavy atom. The van der Waals surface area contributed by atoms with Crippen LogP contribution in [0.15, 0.2) is 24.3 Å². The molecule has 0 fully saturated rings. The van der Waals surface area contributed by atoms with Crippen LogP contribution in [0, 0.1) is 0 Å². The Bertz CT molecular complexity index is 481. The van der Waals surface area contributed by atoms with Gasteiger partial charge in [-0.2, -0.15) is 0 Å². The van der Waals surface area contributed by atoms with Gasteiger partial charge in [0.2, 0.25) is 0 Å². The van der Waals surface area contributed by atoms with Crippen molar-refractivity contribution in [3.8, 4) is 5.75 Å². The number of carbonyl (C=O) groups is 1. The summed E-state index contributed by atoms with van der Waals surface area (Å²) >= 11 is 0. The minimum Gasteiger partial charge on any atom is -0.492 e. The van der Waals surface area contributed by atoms with E-state index in [9.17, 15) is 4.79 Å². The Kier molecular flexibility index (Phi) is 8.40. The van der Waals surface area contributed by atoms with Crippen molar-refractivity contribution in [3.63, 3.8) is 0 Å². The van der Waals surface area contributed by atoms with E-state index in [2.05, 4.69) is 15.5 Å². The summed E-state index contributed by atoms with van der Waals surface area (Å²) in [7, 11) is 4.04. The van der Waals surface area contributed by atoms with Gasteiger partial charge in [-0.15, -0.1) is 0 Å². The number of carbonyl (C=O) groups excluding carboxylic acids is 1. The Morgan fingerprint density at radius 1 is 1.12 bits per heavy atom. The molecule has 0 aliphatic heterocycles. The van der Waals surface area contributed by atoms with Gasteiger partial charge in [-0.3, -0.25) is 0 Å². The first-order chi connectivity index (χ1) is 11.3. The highest BCUT2D eigenvalue weighted by Crippen LogP contribution is 2.15. The minimum atomic E-state index is -0.460. The molecule has 0 spiro atoms. The lowest BCUT2D eigenvalue weighted by Crippen LogP contribution is -2.33. The number of hydrogen-bond acceptors (Lipinski definition) is 5. The number of ether oxygens (including phenoxy) is 2. The van der Waals surface area contributed by atoms with Crippen LogP contribution in [0.25, 0.3) is 0 Å². The second-order valence-electron chi connectivity index (χ2n) is 6.89. The maximum Gasteiger partial charge on any atom is 0.407 e. The number of alkyl carbamates (subject to hydrolysis) is 1. The molecule has 0 radical (unpaired) electrons. The fourth-order valence-corrected chi connectivity index (χ4v) is 1.84. The fourth-order valence-electron chi connectivity index (χ4n) is 1.84. The van der Waals surface area contributed by atoms with Gasteiger partial charge in [0.1, 0.15) is 18.0 Å². The third-order valence-electron chi connectivity index (χ3n) is 3.01. The van der Waals surface area contributed by atoms with Crippen LogP contribution in [-0.4, -0.2) is 56.9 Å². The summed E-state index contributed by atoms with van der Waals surface area (Å²) < 4.78 is 10.8. The summed E-state index contributed by atoms with van der Waals surface area (Å²) in [4.78, 5) is 13.6. The normalized spacial score (nSPS) is 11.2. The van der Waals surface area contributed by atoms with E-state index >= 15 is 0 Å². The fraction of sp³-hybridized carbons (Fsp3) is 0.611. The van der Waals surface area contributed by atoms with Crippen LogP contribution in [0.3, 0.4) is 0 Å². The van der Waals surface area contributed by atoms with Gasteiger partial charge in [-0.1, -0.05) is 0 Å². The van der Waals surface area contributed by atoms with Crippen molar-refractivity contribution in [3.05, 3.63) is 24.3 Å². The summed E-state index contributed by atoms with van der Waals surface area (Å²) in [5.41, 5.74) is 0.575. The maximum atomic E-state index is 11.5. The SMILES string of the molecule is CN(C)CCOc1ccc(NCCCNC(=O)OC(C)(C)C)cc1. The molecule has 0 aliphatic carbocycles. The molecule has 1 rings (SSSR count). The van der Waals surface area contributed by atoms with Crippen molar-refractivity contribution in [1.29, 1.82) is 0 Å². The Hall–Kier alpha value is -1.95. The van der Waals surface area contributed by atoms with Crippen molar-refractivity contribution in [2.75, 3.05) is 45.7 Å². The zero-order chi connectivity index (χ0) is 18.0. The largest absolute Gasteiger partial charge is 0.492 e. The second-order valence-corrected chi connectivity index (χ2v) is 6.89. The quantitative estimate of drug-likeness (QED) is 0.678. The highest BCUT2D eigenvalue weighted by Gasteiger charge is 2.15. The van der Waals surface area contributed by atoms with Crippen molar-refractivity contribution in [1.82, 2.24) is 10.2 Å². The predicted octanol–water partition coefficient (Wildman–Crippen LogP) is 2.95. The third-order valence-corrected chi connectivity index (χ3v) is 3.01. The molecule has 0 atom stereocenters. The monoisotopic (exact) mass is 337 g/mol. The molecule has 6 nitrogen and oxygen atoms in total. The van der Waals surface area contributed by atoms with E-state index in [-0.39, 0.29) is 6.09 Å². The molecule has 1 aromatic rings. The number of likely N-dealkylation sites (N-methyl/N-ethyl adjacent to an activating group) is 1. The van der Waals surface area contributed by atoms with Gasteiger partial charge in [0.25, 0.3) is 0 Å². The van der Waals surface area contributed by atoms with E-state index in [1.807, 2.05) is 59.1 Å². The lowest BCUT2D eigenvalue weighted by Gasteiger charge is -2.19. The average molecular weight is 337 g/mol. The molecule has 0 unspecified atom stereocenters. The van der Waals surface area contributed by atoms with Gasteiger partial charge in [-0.05, 0) is 65.6 Å². The van der Waals surface area contributed by atoms with Gasteiger partial charge in [-0.25, -0.2) is 4.79 Å². The molecule has 0 aromatic heterocycles. The van der Waals surface area contributed by atoms with E-state index in [1.54, 1.807) is 0 Å². The third kappa shape index (κ3) is 9.94. The summed E-state index contributed by atoms with van der Waals surface area (Å²) in [5.74, 6) is 0.869. The summed E-state index contributed by atoms with van der Waals surface area (Å²) in [6.45, 7) is 8.47. The molecule has 0 saturated carbocycles. The van der Waals surface area contributed by atoms with Gasteiger partial charge in [0.15, 0.2) is 0 Å². The standard InChI is InChI=1S/C18H31N3O3/c1-18(2,3)24-17(22)20-12-6-11-19-15-7-9-16(10-8-15)23-14-13-21(4)5/h7-10,19H,6,11-14H2,1-5H3,(H,20,22). The van der Waals surface area contributed by atoms with E-state index in [0.717, 1.165) is 30.9 Å². The van der Waals surface area contributed by atoms with E-state index < -0.39 is 5.60 Å². The maximum absolute atomic E-state index is 11.5. The molecule has 0 aliphatic rings. The van der Waals surface area contributed by atoms with Crippen molar-refractivity contribution >= 4 is 11.8 Å². The smallest absolute Gasteiger partial charge is 0.407 e. The molecular weight excluding hydrogens is 306 g/mol. The molecule has 6 heteroatoms. The Morgan fingerprint density at radius 2 is 1.79 bits per heavy atom. The Labute approximate surface area is 145 Å². The van der Waals surface area contributed by atoms with Gasteiger partial charge < -0.3 is 25.0 Å². The van der Waals surface area contributed by atoms with Gasteiger partial charge in [0, 0.05) is 25.3 Å². The van der Waals surface area contributed by atoms with Crippen LogP contribution in [0.5, 0.6) is 5.75 Å². The summed E-state index contributed by atoms with van der Waals surface area (Å²) in [5, 5.41) is 6.05. The zero-order valence-corrected chi connectivity index (χ0v) is 15.5. The number of amides is 1. The molecule has 0 heterocycles. The van der Waals surface area contributed by atoms with E-state index in [0.29, 0.717) is 13.2 Å². The first-order valence-corrected chi connectivity index (χ1v) is 8.34. The number of anilines is 1. The molecule has 0 saturated heterocycles. The van der Waals surface area contributed by atoms with Crippen LogP contribution in [0.1, 0.15) is 27.2 Å². The van der Waals surface area contributed by atoms with Crippen LogP contribution in [0.4, 0.5) is 10.5 Å². The lowest BCUT2D eigenvalue weighted by atomic mass is 10.2. The predicted molar refractivity (Wildman–Crippen MR) is 97.8 cm³/mol. The molecule has 24 heavy (non-hydrogen) atoms. The number of hydrogen-bond donors (Lipinski definition) is 2. The van der Waals surface area contributed by atoms with Crippen LogP contribution >= 0.6 is 0 Å². The second kappa shape index (κ2) is 10.0. The van der Waals surface area contributed by atoms with Crippen molar-refractivity contribution in [2.24, 2.45) is 0 Å². The Balaban J connectivity index is 2.16. The van der Waals surface area contributed by atoms with Crippen LogP contribution < -0.4 is 15.4 Å². The summed E-state index contributed by atoms with van der Waals surface area (Å²) in [6, 6.07) is 7.90. The minimum absolute atomic E-state index is 0.373. The first kappa shape index (κ1) is 20.1. The highest BCUT2D eigenvalue weighted by atomic mass is 16.6. The number of rotatable bonds is 9. The topological polar surface area (TPSA) is 62.8 Å². The van der Waals surface area contributed by atoms with Crippen LogP contribution in [0.2, 0.25) is 0 Å². The average Bonchev–Trinajstić information content (AvgIpc) is 2.46. The molecular formula is C18H31N3O3. The van der Waals surface area contributed by atoms with E-state index in [4.69, 9.17) is 9.47 Å². The molecule has 0 bridgehead atoms. The molecule has 1 aromatic carbocycles. The van der Waals surface area contributed by atoms with Gasteiger partial charge >= 0.3 is 6.09 Å². The molecule has 136 valence electrons. The lowest BCUT2D eigenvalue weighted by molar-refractivity contribution is 0.0528. The summed E-state index contributed by atoms with van der Waals surface area (Å²) in [6.07, 6.45) is 0.446. The van der Waals surface area contributed by atoms with E-state index in [1.165, 1.54) is 0 Å². The zero-order valence-electron chi connectivity index (χ0n) is 15.5. The van der Waals surface area contributed by atoms with Crippen LogP contribution in [-0.2, 0) is 4.74 Å².